The first-order chi connectivity index (χ1) is 16.9. The highest BCUT2D eigenvalue weighted by molar-refractivity contribution is 7.89. The summed E-state index contributed by atoms with van der Waals surface area (Å²) in [7, 11) is -4.25. The summed E-state index contributed by atoms with van der Waals surface area (Å²) in [5, 5.41) is 0. The van der Waals surface area contributed by atoms with Gasteiger partial charge in [-0.25, -0.2) is 12.7 Å². The zero-order valence-electron chi connectivity index (χ0n) is 19.5. The third-order valence-corrected chi connectivity index (χ3v) is 7.41. The van der Waals surface area contributed by atoms with E-state index in [2.05, 4.69) is 11.8 Å². The molecule has 5 heteroatoms. The molecule has 0 saturated heterocycles. The maximum atomic E-state index is 14.0. The molecule has 0 heterocycles. The highest BCUT2D eigenvalue weighted by Crippen LogP contribution is 2.31. The average Bonchev–Trinajstić information content (AvgIpc) is 2.88. The van der Waals surface area contributed by atoms with Crippen molar-refractivity contribution < 1.29 is 13.2 Å². The predicted molar refractivity (Wildman–Crippen MR) is 138 cm³/mol. The molecule has 1 unspecified atom stereocenters. The molecular formula is C30H25NO3S. The number of hydrogen-bond acceptors (Lipinski definition) is 3. The van der Waals surface area contributed by atoms with Crippen molar-refractivity contribution in [3.63, 3.8) is 0 Å². The molecule has 0 aliphatic rings. The van der Waals surface area contributed by atoms with Crippen LogP contribution < -0.4 is 0 Å². The second-order valence-corrected chi connectivity index (χ2v) is 9.99. The van der Waals surface area contributed by atoms with Gasteiger partial charge in [-0.05, 0) is 61.4 Å². The number of benzene rings is 4. The van der Waals surface area contributed by atoms with Crippen molar-refractivity contribution in [2.75, 3.05) is 0 Å². The van der Waals surface area contributed by atoms with Crippen LogP contribution in [0.25, 0.3) is 0 Å². The van der Waals surface area contributed by atoms with Crippen LogP contribution in [0.3, 0.4) is 0 Å². The molecule has 0 aromatic heterocycles. The maximum Gasteiger partial charge on any atom is 0.269 e. The van der Waals surface area contributed by atoms with Crippen LogP contribution in [0, 0.1) is 25.7 Å². The fourth-order valence-corrected chi connectivity index (χ4v) is 5.20. The summed E-state index contributed by atoms with van der Waals surface area (Å²) in [6.07, 6.45) is 0. The number of sulfonamides is 1. The van der Waals surface area contributed by atoms with E-state index < -0.39 is 22.0 Å². The Morgan fingerprint density at radius 2 is 1.31 bits per heavy atom. The van der Waals surface area contributed by atoms with E-state index in [0.717, 1.165) is 21.0 Å². The van der Waals surface area contributed by atoms with Crippen molar-refractivity contribution >= 4 is 15.9 Å². The molecule has 174 valence electrons. The topological polar surface area (TPSA) is 54.5 Å². The second kappa shape index (κ2) is 10.4. The summed E-state index contributed by atoms with van der Waals surface area (Å²) in [6, 6.07) is 30.6. The lowest BCUT2D eigenvalue weighted by Gasteiger charge is -2.29. The lowest BCUT2D eigenvalue weighted by atomic mass is 10.0. The van der Waals surface area contributed by atoms with Gasteiger partial charge in [0.05, 0.1) is 4.90 Å². The van der Waals surface area contributed by atoms with Gasteiger partial charge in [-0.1, -0.05) is 90.2 Å². The van der Waals surface area contributed by atoms with E-state index in [0.29, 0.717) is 5.56 Å². The molecule has 0 radical (unpaired) electrons. The van der Waals surface area contributed by atoms with E-state index in [-0.39, 0.29) is 10.5 Å². The zero-order valence-corrected chi connectivity index (χ0v) is 20.4. The largest absolute Gasteiger partial charge is 0.269 e. The molecule has 0 aliphatic carbocycles. The highest BCUT2D eigenvalue weighted by atomic mass is 32.2. The minimum absolute atomic E-state index is 0.0347. The van der Waals surface area contributed by atoms with Crippen LogP contribution in [0.4, 0.5) is 0 Å². The van der Waals surface area contributed by atoms with Gasteiger partial charge in [0.25, 0.3) is 15.9 Å². The molecule has 1 amide bonds. The fraction of sp³-hybridized carbons (Fsp3) is 0.100. The van der Waals surface area contributed by atoms with Gasteiger partial charge < -0.3 is 0 Å². The summed E-state index contributed by atoms with van der Waals surface area (Å²) in [4.78, 5) is 13.9. The molecule has 1 atom stereocenters. The SMILES string of the molecule is Cc1ccc(S(=O)(=O)N(C(=O)c2ccccc2)C(C#Cc2ccccc2)c2ccccc2C)cc1. The van der Waals surface area contributed by atoms with Crippen LogP contribution in [-0.2, 0) is 10.0 Å². The maximum absolute atomic E-state index is 14.0. The lowest BCUT2D eigenvalue weighted by molar-refractivity contribution is 0.0841. The van der Waals surface area contributed by atoms with E-state index >= 15 is 0 Å². The van der Waals surface area contributed by atoms with Gasteiger partial charge in [0.15, 0.2) is 0 Å². The molecule has 0 fully saturated rings. The van der Waals surface area contributed by atoms with Crippen LogP contribution in [0.1, 0.15) is 38.7 Å². The molecule has 4 nitrogen and oxygen atoms in total. The number of hydrogen-bond donors (Lipinski definition) is 0. The number of aryl methyl sites for hydroxylation is 2. The molecule has 0 bridgehead atoms. The Labute approximate surface area is 206 Å². The smallest absolute Gasteiger partial charge is 0.268 e. The highest BCUT2D eigenvalue weighted by Gasteiger charge is 2.37. The Bertz CT molecular complexity index is 1480. The summed E-state index contributed by atoms with van der Waals surface area (Å²) >= 11 is 0. The van der Waals surface area contributed by atoms with Crippen molar-refractivity contribution in [1.82, 2.24) is 4.31 Å². The minimum Gasteiger partial charge on any atom is -0.268 e. The van der Waals surface area contributed by atoms with E-state index in [1.165, 1.54) is 12.1 Å². The van der Waals surface area contributed by atoms with Crippen LogP contribution in [-0.4, -0.2) is 18.6 Å². The molecular weight excluding hydrogens is 454 g/mol. The van der Waals surface area contributed by atoms with E-state index in [9.17, 15) is 13.2 Å². The normalized spacial score (nSPS) is 11.7. The molecule has 0 aliphatic heterocycles. The number of amides is 1. The third-order valence-electron chi connectivity index (χ3n) is 5.64. The Morgan fingerprint density at radius 3 is 1.94 bits per heavy atom. The third kappa shape index (κ3) is 5.34. The first kappa shape index (κ1) is 24.0. The predicted octanol–water partition coefficient (Wildman–Crippen LogP) is 5.93. The quantitative estimate of drug-likeness (QED) is 0.334. The van der Waals surface area contributed by atoms with E-state index in [1.807, 2.05) is 68.4 Å². The molecule has 4 rings (SSSR count). The van der Waals surface area contributed by atoms with E-state index in [4.69, 9.17) is 0 Å². The standard InChI is InChI=1S/C30H25NO3S/c1-23-17-20-27(21-18-23)35(33,34)31(30(32)26-14-7-4-8-15-26)29(28-16-10-9-11-24(28)2)22-19-25-12-5-3-6-13-25/h3-18,20-21,29H,1-2H3. The van der Waals surface area contributed by atoms with Gasteiger partial charge in [0, 0.05) is 11.1 Å². The van der Waals surface area contributed by atoms with Gasteiger partial charge in [0.1, 0.15) is 6.04 Å². The van der Waals surface area contributed by atoms with Gasteiger partial charge in [0.2, 0.25) is 0 Å². The summed E-state index contributed by atoms with van der Waals surface area (Å²) in [5.41, 5.74) is 3.40. The molecule has 4 aromatic rings. The Morgan fingerprint density at radius 1 is 0.743 bits per heavy atom. The minimum atomic E-state index is -4.25. The van der Waals surface area contributed by atoms with Gasteiger partial charge in [-0.3, -0.25) is 4.79 Å². The summed E-state index contributed by atoms with van der Waals surface area (Å²) in [6.45, 7) is 3.76. The van der Waals surface area contributed by atoms with Crippen LogP contribution >= 0.6 is 0 Å². The average molecular weight is 480 g/mol. The first-order valence-electron chi connectivity index (χ1n) is 11.2. The van der Waals surface area contributed by atoms with Crippen LogP contribution in [0.15, 0.2) is 114 Å². The van der Waals surface area contributed by atoms with Crippen molar-refractivity contribution in [2.45, 2.75) is 24.8 Å². The summed E-state index contributed by atoms with van der Waals surface area (Å²) in [5.74, 6) is 5.55. The lowest BCUT2D eigenvalue weighted by Crippen LogP contribution is -2.40. The van der Waals surface area contributed by atoms with Crippen molar-refractivity contribution in [3.05, 3.63) is 137 Å². The van der Waals surface area contributed by atoms with Gasteiger partial charge in [-0.15, -0.1) is 0 Å². The van der Waals surface area contributed by atoms with Gasteiger partial charge in [-0.2, -0.15) is 0 Å². The summed E-state index contributed by atoms with van der Waals surface area (Å²) < 4.78 is 29.0. The molecule has 4 aromatic carbocycles. The second-order valence-electron chi connectivity index (χ2n) is 8.18. The first-order valence-corrected chi connectivity index (χ1v) is 12.6. The van der Waals surface area contributed by atoms with Crippen molar-refractivity contribution in [3.8, 4) is 11.8 Å². The Hall–Kier alpha value is -4.14. The Kier molecular flexibility index (Phi) is 7.14. The monoisotopic (exact) mass is 479 g/mol. The van der Waals surface area contributed by atoms with E-state index in [1.54, 1.807) is 42.5 Å². The van der Waals surface area contributed by atoms with Crippen molar-refractivity contribution in [1.29, 1.82) is 0 Å². The number of rotatable bonds is 5. The van der Waals surface area contributed by atoms with Crippen LogP contribution in [0.5, 0.6) is 0 Å². The Balaban J connectivity index is 1.96. The molecule has 0 N–H and O–H groups in total. The van der Waals surface area contributed by atoms with Gasteiger partial charge >= 0.3 is 0 Å². The number of nitrogens with zero attached hydrogens (tertiary/aromatic N) is 1. The van der Waals surface area contributed by atoms with Crippen LogP contribution in [0.2, 0.25) is 0 Å². The number of carbonyl (C=O) groups is 1. The molecule has 0 saturated carbocycles. The molecule has 35 heavy (non-hydrogen) atoms. The number of carbonyl (C=O) groups excluding carboxylic acids is 1. The fourth-order valence-electron chi connectivity index (χ4n) is 3.73. The molecule has 0 spiro atoms. The van der Waals surface area contributed by atoms with Crippen molar-refractivity contribution in [2.24, 2.45) is 0 Å². The zero-order chi connectivity index (χ0) is 24.8.